The second-order valence-electron chi connectivity index (χ2n) is 6.57. The van der Waals surface area contributed by atoms with Crippen LogP contribution in [-0.2, 0) is 6.42 Å². The second kappa shape index (κ2) is 4.59. The van der Waals surface area contributed by atoms with Crippen molar-refractivity contribution in [3.05, 3.63) is 35.5 Å². The van der Waals surface area contributed by atoms with E-state index in [9.17, 15) is 0 Å². The lowest BCUT2D eigenvalue weighted by Crippen LogP contribution is -2.53. The molecule has 0 saturated carbocycles. The van der Waals surface area contributed by atoms with Gasteiger partial charge in [-0.3, -0.25) is 0 Å². The molecule has 1 aromatic carbocycles. The molecule has 1 N–H and O–H groups in total. The summed E-state index contributed by atoms with van der Waals surface area (Å²) in [6.07, 6.45) is 4.88. The number of nitrogens with zero attached hydrogens (tertiary/aromatic N) is 2. The molecular weight excluding hydrogens is 326 g/mol. The quantitative estimate of drug-likeness (QED) is 0.804. The van der Waals surface area contributed by atoms with Gasteiger partial charge in [-0.05, 0) is 37.1 Å². The first-order chi connectivity index (χ1) is 10.1. The normalized spacial score (nSPS) is 31.9. The van der Waals surface area contributed by atoms with Gasteiger partial charge in [-0.15, -0.1) is 0 Å². The molecule has 3 nitrogen and oxygen atoms in total. The van der Waals surface area contributed by atoms with Gasteiger partial charge in [-0.25, -0.2) is 0 Å². The van der Waals surface area contributed by atoms with E-state index in [2.05, 4.69) is 63.3 Å². The fraction of sp³-hybridized carbons (Fsp3) is 0.471. The van der Waals surface area contributed by atoms with E-state index >= 15 is 0 Å². The van der Waals surface area contributed by atoms with E-state index in [1.807, 2.05) is 0 Å². The molecule has 1 aromatic heterocycles. The number of nitriles is 1. The predicted octanol–water partition coefficient (Wildman–Crippen LogP) is 3.56. The van der Waals surface area contributed by atoms with Crippen molar-refractivity contribution >= 4 is 26.8 Å². The topological polar surface area (TPSA) is 42.8 Å². The van der Waals surface area contributed by atoms with Crippen molar-refractivity contribution in [3.8, 4) is 6.07 Å². The number of rotatable bonds is 1. The highest BCUT2D eigenvalue weighted by Gasteiger charge is 2.45. The minimum absolute atomic E-state index is 0.0758. The van der Waals surface area contributed by atoms with Crippen LogP contribution in [0.5, 0.6) is 0 Å². The molecule has 21 heavy (non-hydrogen) atoms. The Labute approximate surface area is 133 Å². The van der Waals surface area contributed by atoms with Crippen molar-refractivity contribution < 1.29 is 0 Å². The maximum absolute atomic E-state index is 9.14. The molecule has 2 heterocycles. The summed E-state index contributed by atoms with van der Waals surface area (Å²) in [6.45, 7) is 0.942. The number of benzene rings is 1. The number of fused-ring (bicyclic) bond motifs is 2. The van der Waals surface area contributed by atoms with Gasteiger partial charge in [0, 0.05) is 35.6 Å². The van der Waals surface area contributed by atoms with Gasteiger partial charge in [0.05, 0.1) is 16.8 Å². The molecule has 108 valence electrons. The highest BCUT2D eigenvalue weighted by Crippen LogP contribution is 2.48. The van der Waals surface area contributed by atoms with Crippen molar-refractivity contribution in [1.29, 1.82) is 5.26 Å². The van der Waals surface area contributed by atoms with Crippen molar-refractivity contribution in [2.75, 3.05) is 13.6 Å². The summed E-state index contributed by atoms with van der Waals surface area (Å²) in [6, 6.07) is 9.48. The van der Waals surface area contributed by atoms with Crippen molar-refractivity contribution in [2.45, 2.75) is 35.5 Å². The summed E-state index contributed by atoms with van der Waals surface area (Å²) in [4.78, 5) is 5.85. The van der Waals surface area contributed by atoms with Gasteiger partial charge in [0.15, 0.2) is 0 Å². The number of halogens is 1. The first kappa shape index (κ1) is 13.4. The van der Waals surface area contributed by atoms with E-state index in [0.29, 0.717) is 18.4 Å². The van der Waals surface area contributed by atoms with E-state index in [-0.39, 0.29) is 4.32 Å². The molecule has 0 spiro atoms. The van der Waals surface area contributed by atoms with E-state index in [0.717, 1.165) is 19.4 Å². The number of H-pyrrole nitrogens is 1. The van der Waals surface area contributed by atoms with Crippen LogP contribution < -0.4 is 0 Å². The number of nitrogens with one attached hydrogen (secondary N) is 1. The summed E-state index contributed by atoms with van der Waals surface area (Å²) >= 11 is 3.87. The molecule has 3 atom stereocenters. The molecule has 1 aliphatic heterocycles. The third-order valence-electron chi connectivity index (χ3n) is 5.19. The summed E-state index contributed by atoms with van der Waals surface area (Å²) in [7, 11) is 2.20. The lowest BCUT2D eigenvalue weighted by molar-refractivity contribution is 0.131. The van der Waals surface area contributed by atoms with Gasteiger partial charge in [-0.1, -0.05) is 28.1 Å². The number of likely N-dealkylation sites (tertiary alicyclic amines) is 1. The maximum Gasteiger partial charge on any atom is 0.0636 e. The van der Waals surface area contributed by atoms with Crippen LogP contribution in [-0.4, -0.2) is 33.8 Å². The third-order valence-corrected chi connectivity index (χ3v) is 6.05. The molecule has 2 aliphatic rings. The van der Waals surface area contributed by atoms with E-state index < -0.39 is 0 Å². The monoisotopic (exact) mass is 343 g/mol. The highest BCUT2D eigenvalue weighted by atomic mass is 79.9. The SMILES string of the molecule is CN1CC(Br)(CC#N)C[C@@H]2c3cccc4[nH]cc(c34)C[C@H]21. The Morgan fingerprint density at radius 3 is 3.19 bits per heavy atom. The molecule has 1 saturated heterocycles. The van der Waals surface area contributed by atoms with Crippen LogP contribution in [0, 0.1) is 11.3 Å². The number of alkyl halides is 1. The van der Waals surface area contributed by atoms with Crippen LogP contribution >= 0.6 is 15.9 Å². The van der Waals surface area contributed by atoms with Gasteiger partial charge in [-0.2, -0.15) is 5.26 Å². The highest BCUT2D eigenvalue weighted by molar-refractivity contribution is 9.10. The van der Waals surface area contributed by atoms with Crippen LogP contribution in [0.4, 0.5) is 0 Å². The zero-order valence-corrected chi connectivity index (χ0v) is 13.7. The smallest absolute Gasteiger partial charge is 0.0636 e. The van der Waals surface area contributed by atoms with Gasteiger partial charge in [0.25, 0.3) is 0 Å². The number of aromatic amines is 1. The van der Waals surface area contributed by atoms with Crippen molar-refractivity contribution in [1.82, 2.24) is 9.88 Å². The van der Waals surface area contributed by atoms with Gasteiger partial charge < -0.3 is 9.88 Å². The molecule has 0 bridgehead atoms. The largest absolute Gasteiger partial charge is 0.361 e. The number of aromatic nitrogens is 1. The van der Waals surface area contributed by atoms with Gasteiger partial charge in [0.1, 0.15) is 0 Å². The van der Waals surface area contributed by atoms with Crippen LogP contribution in [0.25, 0.3) is 10.9 Å². The summed E-state index contributed by atoms with van der Waals surface area (Å²) < 4.78 is -0.0758. The Morgan fingerprint density at radius 1 is 1.52 bits per heavy atom. The fourth-order valence-electron chi connectivity index (χ4n) is 4.33. The Balaban J connectivity index is 1.84. The Bertz CT molecular complexity index is 744. The molecule has 4 heteroatoms. The predicted molar refractivity (Wildman–Crippen MR) is 87.7 cm³/mol. The van der Waals surface area contributed by atoms with E-state index in [1.54, 1.807) is 0 Å². The zero-order valence-electron chi connectivity index (χ0n) is 12.1. The van der Waals surface area contributed by atoms with E-state index in [1.165, 1.54) is 22.0 Å². The Kier molecular flexibility index (Phi) is 2.92. The maximum atomic E-state index is 9.14. The summed E-state index contributed by atoms with van der Waals surface area (Å²) in [5.74, 6) is 0.503. The number of piperidine rings is 1. The molecule has 2 aromatic rings. The van der Waals surface area contributed by atoms with Crippen molar-refractivity contribution in [2.24, 2.45) is 0 Å². The molecule has 4 rings (SSSR count). The Hall–Kier alpha value is -1.31. The minimum atomic E-state index is -0.0758. The first-order valence-electron chi connectivity index (χ1n) is 7.46. The van der Waals surface area contributed by atoms with Gasteiger partial charge in [0.2, 0.25) is 0 Å². The van der Waals surface area contributed by atoms with Gasteiger partial charge >= 0.3 is 0 Å². The average molecular weight is 344 g/mol. The minimum Gasteiger partial charge on any atom is -0.361 e. The van der Waals surface area contributed by atoms with Crippen LogP contribution in [0.15, 0.2) is 24.4 Å². The standard InChI is InChI=1S/C17H18BrN3/c1-21-10-17(18,5-6-19)8-13-12-3-2-4-14-16(12)11(9-20-14)7-15(13)21/h2-4,9,13,15,20H,5,7-8,10H2,1H3/t13-,15-,17?/m1/s1. The lowest BCUT2D eigenvalue weighted by Gasteiger charge is -2.48. The van der Waals surface area contributed by atoms with Crippen LogP contribution in [0.3, 0.4) is 0 Å². The zero-order chi connectivity index (χ0) is 14.6. The number of likely N-dealkylation sites (N-methyl/N-ethyl adjacent to an activating group) is 1. The molecule has 1 unspecified atom stereocenters. The van der Waals surface area contributed by atoms with E-state index in [4.69, 9.17) is 5.26 Å². The van der Waals surface area contributed by atoms with Crippen LogP contribution in [0.2, 0.25) is 0 Å². The summed E-state index contributed by atoms with van der Waals surface area (Å²) in [5, 5.41) is 10.6. The molecule has 1 fully saturated rings. The molecule has 0 radical (unpaired) electrons. The third kappa shape index (κ3) is 1.95. The number of hydrogen-bond donors (Lipinski definition) is 1. The fourth-order valence-corrected chi connectivity index (χ4v) is 5.20. The van der Waals surface area contributed by atoms with Crippen molar-refractivity contribution in [3.63, 3.8) is 0 Å². The Morgan fingerprint density at radius 2 is 2.38 bits per heavy atom. The second-order valence-corrected chi connectivity index (χ2v) is 8.25. The molecule has 0 amide bonds. The molecule has 1 aliphatic carbocycles. The first-order valence-corrected chi connectivity index (χ1v) is 8.25. The average Bonchev–Trinajstić information content (AvgIpc) is 2.85. The van der Waals surface area contributed by atoms with Crippen LogP contribution in [0.1, 0.15) is 29.9 Å². The number of hydrogen-bond acceptors (Lipinski definition) is 2. The summed E-state index contributed by atoms with van der Waals surface area (Å²) in [5.41, 5.74) is 4.14. The lowest BCUT2D eigenvalue weighted by atomic mass is 9.72. The molecular formula is C17H18BrN3.